The second kappa shape index (κ2) is 4.53. The quantitative estimate of drug-likeness (QED) is 0.764. The molecule has 0 aliphatic heterocycles. The molecule has 2 aromatic heterocycles. The number of benzene rings is 1. The van der Waals surface area contributed by atoms with Crippen LogP contribution in [0.3, 0.4) is 0 Å². The van der Waals surface area contributed by atoms with Crippen molar-refractivity contribution in [3.8, 4) is 11.6 Å². The van der Waals surface area contributed by atoms with E-state index in [1.807, 2.05) is 6.07 Å². The number of halogens is 1. The Morgan fingerprint density at radius 1 is 0.947 bits per heavy atom. The topological polar surface area (TPSA) is 61.0 Å². The number of nitrogen functional groups attached to an aromatic ring is 1. The fraction of sp³-hybridized carbons (Fsp3) is 0. The molecule has 0 saturated carbocycles. The van der Waals surface area contributed by atoms with Gasteiger partial charge in [0.25, 0.3) is 0 Å². The van der Waals surface area contributed by atoms with Gasteiger partial charge in [-0.05, 0) is 30.3 Å². The third kappa shape index (κ3) is 2.30. The number of hydrogen-bond donors (Lipinski definition) is 1. The zero-order valence-corrected chi connectivity index (χ0v) is 9.88. The highest BCUT2D eigenvalue weighted by Crippen LogP contribution is 2.24. The molecule has 2 N–H and O–H groups in total. The Morgan fingerprint density at radius 3 is 2.58 bits per heavy atom. The van der Waals surface area contributed by atoms with Crippen LogP contribution in [-0.4, -0.2) is 9.97 Å². The first-order valence-corrected chi connectivity index (χ1v) is 5.68. The number of anilines is 1. The lowest BCUT2D eigenvalue weighted by Crippen LogP contribution is -1.94. The predicted octanol–water partition coefficient (Wildman–Crippen LogP) is 3.14. The molecule has 0 radical (unpaired) electrons. The number of rotatable bonds is 2. The number of hydrogen-bond acceptors (Lipinski definition) is 4. The molecule has 0 amide bonds. The first kappa shape index (κ1) is 11.4. The molecule has 0 spiro atoms. The number of aromatic nitrogens is 2. The lowest BCUT2D eigenvalue weighted by atomic mass is 10.3. The Hall–Kier alpha value is -2.69. The Labute approximate surface area is 108 Å². The highest BCUT2D eigenvalue weighted by molar-refractivity contribution is 5.76. The molecule has 3 aromatic rings. The van der Waals surface area contributed by atoms with Gasteiger partial charge in [-0.15, -0.1) is 0 Å². The lowest BCUT2D eigenvalue weighted by Gasteiger charge is -2.06. The van der Waals surface area contributed by atoms with Crippen LogP contribution >= 0.6 is 0 Å². The van der Waals surface area contributed by atoms with Gasteiger partial charge >= 0.3 is 0 Å². The van der Waals surface area contributed by atoms with Crippen molar-refractivity contribution in [1.29, 1.82) is 0 Å². The summed E-state index contributed by atoms with van der Waals surface area (Å²) < 4.78 is 18.9. The molecule has 0 bridgehead atoms. The van der Waals surface area contributed by atoms with Crippen LogP contribution in [0.1, 0.15) is 0 Å². The normalized spacial score (nSPS) is 10.6. The van der Waals surface area contributed by atoms with Gasteiger partial charge in [0.1, 0.15) is 5.82 Å². The zero-order valence-electron chi connectivity index (χ0n) is 9.88. The third-order valence-corrected chi connectivity index (χ3v) is 2.60. The zero-order chi connectivity index (χ0) is 13.2. The van der Waals surface area contributed by atoms with E-state index in [2.05, 4.69) is 9.97 Å². The highest BCUT2D eigenvalue weighted by Gasteiger charge is 2.06. The first-order valence-electron chi connectivity index (χ1n) is 5.68. The molecule has 1 aromatic carbocycles. The van der Waals surface area contributed by atoms with Crippen LogP contribution in [0, 0.1) is 5.82 Å². The summed E-state index contributed by atoms with van der Waals surface area (Å²) in [5.74, 6) is 0.335. The van der Waals surface area contributed by atoms with Crippen LogP contribution in [0.2, 0.25) is 0 Å². The van der Waals surface area contributed by atoms with Crippen LogP contribution in [0.5, 0.6) is 11.6 Å². The molecule has 0 fully saturated rings. The summed E-state index contributed by atoms with van der Waals surface area (Å²) in [4.78, 5) is 8.29. The molecule has 0 atom stereocenters. The van der Waals surface area contributed by atoms with E-state index >= 15 is 0 Å². The average Bonchev–Trinajstić information content (AvgIpc) is 2.41. The molecule has 0 unspecified atom stereocenters. The molecule has 2 heterocycles. The van der Waals surface area contributed by atoms with Gasteiger partial charge in [-0.2, -0.15) is 4.98 Å². The van der Waals surface area contributed by atoms with Gasteiger partial charge in [0.2, 0.25) is 5.88 Å². The van der Waals surface area contributed by atoms with Gasteiger partial charge in [-0.3, -0.25) is 0 Å². The maximum atomic E-state index is 13.5. The fourth-order valence-corrected chi connectivity index (χ4v) is 1.69. The van der Waals surface area contributed by atoms with Crippen LogP contribution < -0.4 is 10.5 Å². The maximum absolute atomic E-state index is 13.5. The first-order chi connectivity index (χ1) is 9.22. The fourth-order valence-electron chi connectivity index (χ4n) is 1.69. The SMILES string of the molecule is Nc1ccc2ccc(Oc3ccccc3F)nc2n1. The second-order valence-corrected chi connectivity index (χ2v) is 3.96. The van der Waals surface area contributed by atoms with Crippen molar-refractivity contribution in [2.75, 3.05) is 5.73 Å². The van der Waals surface area contributed by atoms with E-state index in [4.69, 9.17) is 10.5 Å². The molecule has 3 rings (SSSR count). The molecule has 94 valence electrons. The van der Waals surface area contributed by atoms with Crippen LogP contribution in [-0.2, 0) is 0 Å². The Kier molecular flexibility index (Phi) is 2.72. The van der Waals surface area contributed by atoms with Crippen molar-refractivity contribution in [3.05, 3.63) is 54.3 Å². The summed E-state index contributed by atoms with van der Waals surface area (Å²) in [7, 11) is 0. The van der Waals surface area contributed by atoms with E-state index in [-0.39, 0.29) is 11.6 Å². The number of para-hydroxylation sites is 1. The van der Waals surface area contributed by atoms with E-state index in [0.717, 1.165) is 5.39 Å². The van der Waals surface area contributed by atoms with Gasteiger partial charge in [0, 0.05) is 11.5 Å². The summed E-state index contributed by atoms with van der Waals surface area (Å²) in [6, 6.07) is 13.1. The molecule has 4 nitrogen and oxygen atoms in total. The molecular weight excluding hydrogens is 245 g/mol. The smallest absolute Gasteiger partial charge is 0.221 e. The maximum Gasteiger partial charge on any atom is 0.221 e. The van der Waals surface area contributed by atoms with Crippen LogP contribution in [0.4, 0.5) is 10.2 Å². The number of fused-ring (bicyclic) bond motifs is 1. The van der Waals surface area contributed by atoms with Crippen LogP contribution in [0.15, 0.2) is 48.5 Å². The van der Waals surface area contributed by atoms with Gasteiger partial charge < -0.3 is 10.5 Å². The summed E-state index contributed by atoms with van der Waals surface area (Å²) in [6.07, 6.45) is 0. The summed E-state index contributed by atoms with van der Waals surface area (Å²) >= 11 is 0. The predicted molar refractivity (Wildman–Crippen MR) is 70.4 cm³/mol. The minimum Gasteiger partial charge on any atom is -0.436 e. The highest BCUT2D eigenvalue weighted by atomic mass is 19.1. The minimum atomic E-state index is -0.440. The number of ether oxygens (including phenoxy) is 1. The molecule has 19 heavy (non-hydrogen) atoms. The van der Waals surface area contributed by atoms with Gasteiger partial charge in [0.05, 0.1) is 0 Å². The van der Waals surface area contributed by atoms with E-state index in [0.29, 0.717) is 11.5 Å². The van der Waals surface area contributed by atoms with Crippen molar-refractivity contribution in [1.82, 2.24) is 9.97 Å². The van der Waals surface area contributed by atoms with E-state index in [1.165, 1.54) is 12.1 Å². The van der Waals surface area contributed by atoms with E-state index in [1.54, 1.807) is 30.3 Å². The summed E-state index contributed by atoms with van der Waals surface area (Å²) in [5, 5.41) is 0.843. The Balaban J connectivity index is 2.00. The molecule has 5 heteroatoms. The minimum absolute atomic E-state index is 0.123. The van der Waals surface area contributed by atoms with Crippen LogP contribution in [0.25, 0.3) is 11.0 Å². The molecule has 0 saturated heterocycles. The number of nitrogens with zero attached hydrogens (tertiary/aromatic N) is 2. The number of pyridine rings is 2. The Morgan fingerprint density at radius 2 is 1.74 bits per heavy atom. The van der Waals surface area contributed by atoms with E-state index < -0.39 is 5.82 Å². The average molecular weight is 255 g/mol. The monoisotopic (exact) mass is 255 g/mol. The third-order valence-electron chi connectivity index (χ3n) is 2.60. The largest absolute Gasteiger partial charge is 0.436 e. The van der Waals surface area contributed by atoms with Crippen molar-refractivity contribution in [2.24, 2.45) is 0 Å². The van der Waals surface area contributed by atoms with Gasteiger partial charge in [-0.1, -0.05) is 12.1 Å². The van der Waals surface area contributed by atoms with Crippen molar-refractivity contribution < 1.29 is 9.13 Å². The van der Waals surface area contributed by atoms with Crippen molar-refractivity contribution in [3.63, 3.8) is 0 Å². The molecule has 0 aliphatic carbocycles. The second-order valence-electron chi connectivity index (χ2n) is 3.96. The standard InChI is InChI=1S/C14H10FN3O/c15-10-3-1-2-4-11(10)19-13-8-6-9-5-7-12(16)17-14(9)18-13/h1-8H,(H2,16,17,18). The lowest BCUT2D eigenvalue weighted by molar-refractivity contribution is 0.429. The Bertz CT molecular complexity index is 746. The molecular formula is C14H10FN3O. The van der Waals surface area contributed by atoms with Crippen molar-refractivity contribution >= 4 is 16.9 Å². The summed E-state index contributed by atoms with van der Waals surface area (Å²) in [5.41, 5.74) is 6.07. The molecule has 0 aliphatic rings. The number of nitrogens with two attached hydrogens (primary N) is 1. The summed E-state index contributed by atoms with van der Waals surface area (Å²) in [6.45, 7) is 0. The van der Waals surface area contributed by atoms with Gasteiger partial charge in [-0.25, -0.2) is 9.37 Å². The van der Waals surface area contributed by atoms with Crippen molar-refractivity contribution in [2.45, 2.75) is 0 Å². The van der Waals surface area contributed by atoms with E-state index in [9.17, 15) is 4.39 Å². The van der Waals surface area contributed by atoms with Gasteiger partial charge in [0.15, 0.2) is 17.2 Å².